The molecule has 1 atom stereocenters. The van der Waals surface area contributed by atoms with E-state index in [1.54, 1.807) is 0 Å². The summed E-state index contributed by atoms with van der Waals surface area (Å²) in [5.41, 5.74) is 5.57. The Kier molecular flexibility index (Phi) is 9.62. The van der Waals surface area contributed by atoms with Crippen molar-refractivity contribution in [2.24, 2.45) is 0 Å². The molecule has 162 valence electrons. The lowest BCUT2D eigenvalue weighted by molar-refractivity contribution is 0.235. The monoisotopic (exact) mass is 430 g/mol. The van der Waals surface area contributed by atoms with Gasteiger partial charge in [0, 0.05) is 13.0 Å². The fraction of sp³-hybridized carbons (Fsp3) is 0.600. The van der Waals surface area contributed by atoms with Crippen molar-refractivity contribution in [3.05, 3.63) is 48.6 Å². The average Bonchev–Trinajstić information content (AvgIpc) is 2.63. The van der Waals surface area contributed by atoms with Crippen molar-refractivity contribution in [1.82, 2.24) is 0 Å². The van der Waals surface area contributed by atoms with Gasteiger partial charge in [0.15, 0.2) is 8.32 Å². The van der Waals surface area contributed by atoms with E-state index >= 15 is 0 Å². The molecule has 1 unspecified atom stereocenters. The predicted octanol–water partition coefficient (Wildman–Crippen LogP) is 7.65. The van der Waals surface area contributed by atoms with Gasteiger partial charge in [-0.05, 0) is 34.8 Å². The van der Waals surface area contributed by atoms with Crippen molar-refractivity contribution >= 4 is 16.6 Å². The fourth-order valence-electron chi connectivity index (χ4n) is 3.14. The summed E-state index contributed by atoms with van der Waals surface area (Å²) in [6.07, 6.45) is 2.54. The molecule has 2 nitrogen and oxygen atoms in total. The topological polar surface area (TPSA) is 18.5 Å². The molecule has 0 amide bonds. The Bertz CT molecular complexity index is 683. The maximum Gasteiger partial charge on any atom is 0.278 e. The second-order valence-electron chi connectivity index (χ2n) is 9.95. The van der Waals surface area contributed by atoms with Gasteiger partial charge in [-0.2, -0.15) is 0 Å². The highest BCUT2D eigenvalue weighted by Crippen LogP contribution is 2.38. The molecule has 29 heavy (non-hydrogen) atoms. The number of benzene rings is 1. The molecule has 0 radical (unpaired) electrons. The molecule has 0 heterocycles. The lowest BCUT2D eigenvalue weighted by Crippen LogP contribution is -2.44. The first kappa shape index (κ1) is 25.9. The molecular weight excluding hydrogens is 388 g/mol. The number of rotatable bonds is 9. The summed E-state index contributed by atoms with van der Waals surface area (Å²) in [5, 5.41) is 0.227. The lowest BCUT2D eigenvalue weighted by Gasteiger charge is -2.37. The highest BCUT2D eigenvalue weighted by Gasteiger charge is 2.43. The molecule has 4 heteroatoms. The van der Waals surface area contributed by atoms with E-state index in [1.807, 2.05) is 24.3 Å². The predicted molar refractivity (Wildman–Crippen MR) is 132 cm³/mol. The summed E-state index contributed by atoms with van der Waals surface area (Å²) in [7, 11) is -4.05. The molecule has 0 aliphatic heterocycles. The van der Waals surface area contributed by atoms with Crippen LogP contribution in [0.4, 0.5) is 0 Å². The molecule has 1 aromatic carbocycles. The zero-order chi connectivity index (χ0) is 22.3. The van der Waals surface area contributed by atoms with E-state index in [0.717, 1.165) is 12.0 Å². The van der Waals surface area contributed by atoms with Crippen LogP contribution >= 0.6 is 0 Å². The van der Waals surface area contributed by atoms with Gasteiger partial charge in [0.2, 0.25) is 0 Å². The van der Waals surface area contributed by atoms with Crippen LogP contribution < -0.4 is 0 Å². The first-order valence-corrected chi connectivity index (χ1v) is 15.8. The molecule has 0 N–H and O–H groups in total. The van der Waals surface area contributed by atoms with Crippen LogP contribution in [0.15, 0.2) is 43.0 Å². The smallest absolute Gasteiger partial charge is 0.278 e. The van der Waals surface area contributed by atoms with E-state index < -0.39 is 16.6 Å². The number of hydrogen-bond donors (Lipinski definition) is 0. The highest BCUT2D eigenvalue weighted by atomic mass is 28.4. The van der Waals surface area contributed by atoms with E-state index in [9.17, 15) is 0 Å². The van der Waals surface area contributed by atoms with Crippen LogP contribution in [0.2, 0.25) is 29.2 Å². The van der Waals surface area contributed by atoms with E-state index in [0.29, 0.717) is 17.7 Å². The Morgan fingerprint density at radius 2 is 1.59 bits per heavy atom. The molecule has 0 saturated carbocycles. The van der Waals surface area contributed by atoms with Crippen molar-refractivity contribution < 1.29 is 8.85 Å². The van der Waals surface area contributed by atoms with Gasteiger partial charge < -0.3 is 8.85 Å². The van der Waals surface area contributed by atoms with Crippen LogP contribution in [0.25, 0.3) is 0 Å². The summed E-state index contributed by atoms with van der Waals surface area (Å²) in [5.74, 6) is 3.44. The van der Waals surface area contributed by atoms with Crippen molar-refractivity contribution in [1.29, 1.82) is 0 Å². The molecule has 0 saturated heterocycles. The second kappa shape index (κ2) is 10.8. The standard InChI is InChI=1S/C25H42O2Si2/c1-11-24(23-17-13-12-14-18-23)27-29(21(2)3,22(4)5)20-16-15-19-26-28(9,10)25(6,7)8/h11-14,17-18,21-22,24H,1,15,19H2,2-10H3. The maximum absolute atomic E-state index is 6.81. The summed E-state index contributed by atoms with van der Waals surface area (Å²) in [4.78, 5) is 0. The Balaban J connectivity index is 3.00. The van der Waals surface area contributed by atoms with Crippen molar-refractivity contribution in [3.63, 3.8) is 0 Å². The van der Waals surface area contributed by atoms with Crippen LogP contribution in [0.1, 0.15) is 66.6 Å². The van der Waals surface area contributed by atoms with Crippen LogP contribution in [-0.4, -0.2) is 23.2 Å². The molecule has 0 bridgehead atoms. The Labute approximate surface area is 182 Å². The van der Waals surface area contributed by atoms with Gasteiger partial charge in [-0.25, -0.2) is 0 Å². The third kappa shape index (κ3) is 6.96. The van der Waals surface area contributed by atoms with Crippen molar-refractivity contribution in [2.75, 3.05) is 6.61 Å². The molecule has 1 aromatic rings. The SMILES string of the molecule is C=CC(O[Si](C#CCCO[Si](C)(C)C(C)(C)C)(C(C)C)C(C)C)c1ccccc1. The van der Waals surface area contributed by atoms with Crippen LogP contribution in [-0.2, 0) is 8.85 Å². The van der Waals surface area contributed by atoms with Crippen LogP contribution in [0, 0.1) is 11.5 Å². The molecule has 0 aliphatic carbocycles. The summed E-state index contributed by atoms with van der Waals surface area (Å²) in [6.45, 7) is 25.1. The van der Waals surface area contributed by atoms with E-state index in [1.165, 1.54) is 0 Å². The van der Waals surface area contributed by atoms with Gasteiger partial charge in [0.1, 0.15) is 0 Å². The van der Waals surface area contributed by atoms with Crippen LogP contribution in [0.3, 0.4) is 0 Å². The van der Waals surface area contributed by atoms with Gasteiger partial charge in [0.05, 0.1) is 6.10 Å². The van der Waals surface area contributed by atoms with Gasteiger partial charge >= 0.3 is 0 Å². The van der Waals surface area contributed by atoms with Gasteiger partial charge in [-0.1, -0.05) is 90.4 Å². The Morgan fingerprint density at radius 1 is 1.03 bits per heavy atom. The molecule has 0 aromatic heterocycles. The van der Waals surface area contributed by atoms with Gasteiger partial charge in [0.25, 0.3) is 8.32 Å². The minimum absolute atomic E-state index is 0.120. The van der Waals surface area contributed by atoms with Gasteiger partial charge in [-0.3, -0.25) is 0 Å². The fourth-order valence-corrected chi connectivity index (χ4v) is 7.75. The molecular formula is C25H42O2Si2. The first-order chi connectivity index (χ1) is 13.4. The highest BCUT2D eigenvalue weighted by molar-refractivity contribution is 6.84. The third-order valence-corrected chi connectivity index (χ3v) is 15.3. The summed E-state index contributed by atoms with van der Waals surface area (Å²) >= 11 is 0. The Morgan fingerprint density at radius 3 is 2.03 bits per heavy atom. The zero-order valence-electron chi connectivity index (χ0n) is 20.1. The van der Waals surface area contributed by atoms with E-state index in [4.69, 9.17) is 8.85 Å². The molecule has 0 fully saturated rings. The summed E-state index contributed by atoms with van der Waals surface area (Å²) in [6, 6.07) is 10.3. The van der Waals surface area contributed by atoms with Gasteiger partial charge in [-0.15, -0.1) is 12.5 Å². The zero-order valence-corrected chi connectivity index (χ0v) is 22.1. The quantitative estimate of drug-likeness (QED) is 0.173. The summed E-state index contributed by atoms with van der Waals surface area (Å²) < 4.78 is 13.1. The van der Waals surface area contributed by atoms with Crippen molar-refractivity contribution in [3.8, 4) is 11.5 Å². The normalized spacial score (nSPS) is 13.9. The molecule has 0 spiro atoms. The largest absolute Gasteiger partial charge is 0.416 e. The Hall–Kier alpha value is -1.13. The first-order valence-electron chi connectivity index (χ1n) is 10.9. The maximum atomic E-state index is 6.81. The average molecular weight is 431 g/mol. The van der Waals surface area contributed by atoms with E-state index in [-0.39, 0.29) is 11.1 Å². The molecule has 1 rings (SSSR count). The molecule has 0 aliphatic rings. The minimum Gasteiger partial charge on any atom is -0.416 e. The minimum atomic E-state index is -2.33. The second-order valence-corrected chi connectivity index (χ2v) is 19.1. The van der Waals surface area contributed by atoms with E-state index in [2.05, 4.69) is 91.7 Å². The van der Waals surface area contributed by atoms with Crippen LogP contribution in [0.5, 0.6) is 0 Å². The lowest BCUT2D eigenvalue weighted by atomic mass is 10.1. The van der Waals surface area contributed by atoms with Crippen molar-refractivity contribution in [2.45, 2.75) is 90.2 Å². The number of hydrogen-bond acceptors (Lipinski definition) is 2. The third-order valence-electron chi connectivity index (χ3n) is 6.16.